The lowest BCUT2D eigenvalue weighted by Gasteiger charge is -2.26. The number of nitrogens with zero attached hydrogens (tertiary/aromatic N) is 2. The third-order valence-corrected chi connectivity index (χ3v) is 3.78. The molecule has 3 heterocycles. The standard InChI is InChI=1S/C12H14BrN3O/c1-17-11-4-2-3-9-12(13)15-10(16(9)11)5-8-6-14-7-8/h2-4,8,14H,5-7H2,1H3. The Balaban J connectivity index is 2.09. The maximum absolute atomic E-state index is 5.40. The van der Waals surface area contributed by atoms with Crippen LogP contribution in [0, 0.1) is 5.92 Å². The second-order valence-corrected chi connectivity index (χ2v) is 5.09. The fourth-order valence-electron chi connectivity index (χ4n) is 2.18. The van der Waals surface area contributed by atoms with Crippen molar-refractivity contribution < 1.29 is 4.74 Å². The first-order valence-corrected chi connectivity index (χ1v) is 6.49. The molecule has 0 bridgehead atoms. The number of pyridine rings is 1. The molecule has 1 aliphatic heterocycles. The maximum Gasteiger partial charge on any atom is 0.199 e. The van der Waals surface area contributed by atoms with E-state index in [-0.39, 0.29) is 0 Å². The minimum atomic E-state index is 0.692. The first-order chi connectivity index (χ1) is 8.29. The van der Waals surface area contributed by atoms with Gasteiger partial charge in [-0.15, -0.1) is 0 Å². The molecule has 90 valence electrons. The van der Waals surface area contributed by atoms with Crippen LogP contribution in [0.1, 0.15) is 5.82 Å². The van der Waals surface area contributed by atoms with E-state index in [1.807, 2.05) is 18.2 Å². The fourth-order valence-corrected chi connectivity index (χ4v) is 2.70. The van der Waals surface area contributed by atoms with Crippen molar-refractivity contribution in [2.75, 3.05) is 20.2 Å². The van der Waals surface area contributed by atoms with E-state index < -0.39 is 0 Å². The molecule has 0 unspecified atom stereocenters. The van der Waals surface area contributed by atoms with E-state index >= 15 is 0 Å². The molecule has 17 heavy (non-hydrogen) atoms. The Morgan fingerprint density at radius 1 is 1.53 bits per heavy atom. The van der Waals surface area contributed by atoms with Crippen LogP contribution in [0.2, 0.25) is 0 Å². The molecule has 5 heteroatoms. The van der Waals surface area contributed by atoms with Crippen LogP contribution in [0.4, 0.5) is 0 Å². The van der Waals surface area contributed by atoms with Gasteiger partial charge in [0.2, 0.25) is 0 Å². The van der Waals surface area contributed by atoms with Crippen LogP contribution in [-0.4, -0.2) is 29.6 Å². The van der Waals surface area contributed by atoms with Crippen molar-refractivity contribution in [3.8, 4) is 5.88 Å². The first-order valence-electron chi connectivity index (χ1n) is 5.70. The minimum Gasteiger partial charge on any atom is -0.482 e. The van der Waals surface area contributed by atoms with E-state index in [0.717, 1.165) is 41.3 Å². The van der Waals surface area contributed by atoms with E-state index in [4.69, 9.17) is 4.74 Å². The first kappa shape index (κ1) is 11.0. The molecule has 1 saturated heterocycles. The Bertz CT molecular complexity index is 548. The third kappa shape index (κ3) is 1.83. The zero-order chi connectivity index (χ0) is 11.8. The van der Waals surface area contributed by atoms with Crippen LogP contribution in [0.15, 0.2) is 22.8 Å². The van der Waals surface area contributed by atoms with Gasteiger partial charge in [0, 0.05) is 6.42 Å². The molecular weight excluding hydrogens is 282 g/mol. The molecule has 2 aromatic rings. The van der Waals surface area contributed by atoms with Crippen LogP contribution < -0.4 is 10.1 Å². The summed E-state index contributed by atoms with van der Waals surface area (Å²) < 4.78 is 8.37. The van der Waals surface area contributed by atoms with Gasteiger partial charge in [0.25, 0.3) is 0 Å². The number of nitrogens with one attached hydrogen (secondary N) is 1. The van der Waals surface area contributed by atoms with Crippen molar-refractivity contribution in [1.29, 1.82) is 0 Å². The smallest absolute Gasteiger partial charge is 0.199 e. The van der Waals surface area contributed by atoms with Crippen LogP contribution in [-0.2, 0) is 6.42 Å². The number of hydrogen-bond acceptors (Lipinski definition) is 3. The predicted octanol–water partition coefficient (Wildman–Crippen LogP) is 1.87. The topological polar surface area (TPSA) is 38.6 Å². The second kappa shape index (κ2) is 4.31. The Morgan fingerprint density at radius 2 is 2.35 bits per heavy atom. The Morgan fingerprint density at radius 3 is 3.00 bits per heavy atom. The zero-order valence-corrected chi connectivity index (χ0v) is 11.2. The highest BCUT2D eigenvalue weighted by Gasteiger charge is 2.21. The van der Waals surface area contributed by atoms with E-state index in [1.54, 1.807) is 7.11 Å². The molecule has 0 radical (unpaired) electrons. The summed E-state index contributed by atoms with van der Waals surface area (Å²) >= 11 is 3.51. The number of fused-ring (bicyclic) bond motifs is 1. The number of aromatic nitrogens is 2. The van der Waals surface area contributed by atoms with Crippen molar-refractivity contribution in [2.45, 2.75) is 6.42 Å². The lowest BCUT2D eigenvalue weighted by atomic mass is 9.99. The van der Waals surface area contributed by atoms with Gasteiger partial charge in [-0.3, -0.25) is 4.40 Å². The lowest BCUT2D eigenvalue weighted by Crippen LogP contribution is -2.43. The lowest BCUT2D eigenvalue weighted by molar-refractivity contribution is 0.336. The van der Waals surface area contributed by atoms with Gasteiger partial charge in [-0.05, 0) is 47.1 Å². The molecule has 4 nitrogen and oxygen atoms in total. The zero-order valence-electron chi connectivity index (χ0n) is 9.61. The summed E-state index contributed by atoms with van der Waals surface area (Å²) in [7, 11) is 1.69. The molecular formula is C12H14BrN3O. The summed E-state index contributed by atoms with van der Waals surface area (Å²) in [5, 5.41) is 3.28. The molecule has 0 aliphatic carbocycles. The number of ether oxygens (including phenoxy) is 1. The van der Waals surface area contributed by atoms with E-state index in [0.29, 0.717) is 5.92 Å². The van der Waals surface area contributed by atoms with Crippen molar-refractivity contribution >= 4 is 21.4 Å². The highest BCUT2D eigenvalue weighted by Crippen LogP contribution is 2.26. The summed E-state index contributed by atoms with van der Waals surface area (Å²) in [5.41, 5.74) is 1.06. The normalized spacial score (nSPS) is 16.1. The highest BCUT2D eigenvalue weighted by atomic mass is 79.9. The summed E-state index contributed by atoms with van der Waals surface area (Å²) in [5.74, 6) is 2.59. The molecule has 0 aromatic carbocycles. The molecule has 1 N–H and O–H groups in total. The molecule has 1 aliphatic rings. The van der Waals surface area contributed by atoms with Gasteiger partial charge in [0.1, 0.15) is 10.4 Å². The van der Waals surface area contributed by atoms with Gasteiger partial charge in [0.15, 0.2) is 5.88 Å². The number of halogens is 1. The molecule has 0 saturated carbocycles. The predicted molar refractivity (Wildman–Crippen MR) is 69.5 cm³/mol. The Labute approximate surface area is 108 Å². The van der Waals surface area contributed by atoms with Crippen LogP contribution >= 0.6 is 15.9 Å². The van der Waals surface area contributed by atoms with Crippen molar-refractivity contribution in [1.82, 2.24) is 14.7 Å². The molecule has 0 atom stereocenters. The molecule has 2 aromatic heterocycles. The van der Waals surface area contributed by atoms with Gasteiger partial charge in [-0.25, -0.2) is 4.98 Å². The molecule has 0 spiro atoms. The van der Waals surface area contributed by atoms with Gasteiger partial charge < -0.3 is 10.1 Å². The van der Waals surface area contributed by atoms with E-state index in [9.17, 15) is 0 Å². The molecule has 1 fully saturated rings. The van der Waals surface area contributed by atoms with Crippen LogP contribution in [0.3, 0.4) is 0 Å². The number of hydrogen-bond donors (Lipinski definition) is 1. The summed E-state index contributed by atoms with van der Waals surface area (Å²) in [6.07, 6.45) is 0.986. The molecule has 0 amide bonds. The Kier molecular flexibility index (Phi) is 2.80. The SMILES string of the molecule is COc1cccc2c(Br)nc(CC3CNC3)n12. The summed E-state index contributed by atoms with van der Waals surface area (Å²) in [6, 6.07) is 5.99. The van der Waals surface area contributed by atoms with Crippen molar-refractivity contribution in [3.05, 3.63) is 28.6 Å². The third-order valence-electron chi connectivity index (χ3n) is 3.20. The average molecular weight is 296 g/mol. The van der Waals surface area contributed by atoms with E-state index in [2.05, 4.69) is 30.6 Å². The van der Waals surface area contributed by atoms with Crippen LogP contribution in [0.5, 0.6) is 5.88 Å². The van der Waals surface area contributed by atoms with Gasteiger partial charge in [0.05, 0.1) is 12.6 Å². The van der Waals surface area contributed by atoms with Gasteiger partial charge >= 0.3 is 0 Å². The quantitative estimate of drug-likeness (QED) is 0.939. The van der Waals surface area contributed by atoms with Gasteiger partial charge in [-0.1, -0.05) is 6.07 Å². The fraction of sp³-hybridized carbons (Fsp3) is 0.417. The minimum absolute atomic E-state index is 0.692. The number of methoxy groups -OCH3 is 1. The summed E-state index contributed by atoms with van der Waals surface area (Å²) in [6.45, 7) is 2.17. The average Bonchev–Trinajstić information content (AvgIpc) is 2.61. The maximum atomic E-state index is 5.40. The largest absolute Gasteiger partial charge is 0.482 e. The highest BCUT2D eigenvalue weighted by molar-refractivity contribution is 9.10. The monoisotopic (exact) mass is 295 g/mol. The van der Waals surface area contributed by atoms with Crippen LogP contribution in [0.25, 0.3) is 5.52 Å². The Hall–Kier alpha value is -1.07. The van der Waals surface area contributed by atoms with E-state index in [1.165, 1.54) is 0 Å². The number of rotatable bonds is 3. The van der Waals surface area contributed by atoms with Gasteiger partial charge in [-0.2, -0.15) is 0 Å². The molecule has 3 rings (SSSR count). The summed E-state index contributed by atoms with van der Waals surface area (Å²) in [4.78, 5) is 4.59. The van der Waals surface area contributed by atoms with Crippen molar-refractivity contribution in [2.24, 2.45) is 5.92 Å². The number of imidazole rings is 1. The van der Waals surface area contributed by atoms with Crippen molar-refractivity contribution in [3.63, 3.8) is 0 Å². The second-order valence-electron chi connectivity index (χ2n) is 4.34.